The van der Waals surface area contributed by atoms with Crippen molar-refractivity contribution in [3.05, 3.63) is 53.6 Å². The van der Waals surface area contributed by atoms with Crippen LogP contribution in [0, 0.1) is 6.92 Å². The Hall–Kier alpha value is -2.34. The maximum atomic E-state index is 12.9. The molecule has 3 rings (SSSR count). The van der Waals surface area contributed by atoms with Crippen LogP contribution in [-0.4, -0.2) is 21.4 Å². The fourth-order valence-electron chi connectivity index (χ4n) is 2.64. The Balaban J connectivity index is 2.12. The molecule has 5 nitrogen and oxygen atoms in total. The van der Waals surface area contributed by atoms with Crippen molar-refractivity contribution < 1.29 is 17.9 Å². The van der Waals surface area contributed by atoms with Crippen molar-refractivity contribution in [3.63, 3.8) is 0 Å². The fourth-order valence-corrected chi connectivity index (χ4v) is 4.13. The molecule has 0 spiro atoms. The molecule has 2 aromatic carbocycles. The van der Waals surface area contributed by atoms with Crippen molar-refractivity contribution in [1.29, 1.82) is 0 Å². The summed E-state index contributed by atoms with van der Waals surface area (Å²) in [4.78, 5) is 12.4. The number of fused-ring (bicyclic) bond motifs is 1. The van der Waals surface area contributed by atoms with E-state index in [-0.39, 0.29) is 11.3 Å². The lowest BCUT2D eigenvalue weighted by atomic mass is 10.0. The number of hydrogen-bond donors (Lipinski definition) is 0. The average molecular weight is 331 g/mol. The van der Waals surface area contributed by atoms with Gasteiger partial charge in [0.05, 0.1) is 17.7 Å². The molecule has 0 aromatic heterocycles. The first kappa shape index (κ1) is 15.6. The first-order valence-corrected chi connectivity index (χ1v) is 8.69. The molecule has 0 radical (unpaired) electrons. The molecule has 120 valence electrons. The predicted molar refractivity (Wildman–Crippen MR) is 87.2 cm³/mol. The van der Waals surface area contributed by atoms with Gasteiger partial charge in [0.1, 0.15) is 5.75 Å². The number of carbonyl (C=O) groups excluding carboxylic acids is 1. The number of amides is 1. The molecule has 0 atom stereocenters. The fraction of sp³-hybridized carbons (Fsp3) is 0.235. The zero-order valence-electron chi connectivity index (χ0n) is 12.9. The minimum Gasteiger partial charge on any atom is -0.497 e. The van der Waals surface area contributed by atoms with E-state index in [0.29, 0.717) is 17.9 Å². The highest BCUT2D eigenvalue weighted by Crippen LogP contribution is 2.34. The SMILES string of the molecule is COc1ccc2c(c1)CCC(=O)N2S(=O)(=O)c1ccc(C)cc1. The lowest BCUT2D eigenvalue weighted by molar-refractivity contribution is -0.117. The molecule has 6 heteroatoms. The van der Waals surface area contributed by atoms with Gasteiger partial charge in [-0.2, -0.15) is 0 Å². The van der Waals surface area contributed by atoms with E-state index < -0.39 is 15.9 Å². The maximum absolute atomic E-state index is 12.9. The van der Waals surface area contributed by atoms with Crippen LogP contribution in [0.4, 0.5) is 5.69 Å². The summed E-state index contributed by atoms with van der Waals surface area (Å²) in [5.41, 5.74) is 2.15. The first-order valence-electron chi connectivity index (χ1n) is 7.25. The van der Waals surface area contributed by atoms with Gasteiger partial charge in [0, 0.05) is 6.42 Å². The quantitative estimate of drug-likeness (QED) is 0.867. The van der Waals surface area contributed by atoms with Crippen LogP contribution in [0.2, 0.25) is 0 Å². The number of benzene rings is 2. The van der Waals surface area contributed by atoms with Gasteiger partial charge in [-0.1, -0.05) is 17.7 Å². The molecule has 2 aromatic rings. The molecular formula is C17H17NO4S. The van der Waals surface area contributed by atoms with Crippen LogP contribution in [0.15, 0.2) is 47.4 Å². The van der Waals surface area contributed by atoms with Gasteiger partial charge in [-0.05, 0) is 49.2 Å². The topological polar surface area (TPSA) is 63.7 Å². The summed E-state index contributed by atoms with van der Waals surface area (Å²) in [6.45, 7) is 1.88. The molecule has 0 bridgehead atoms. The molecular weight excluding hydrogens is 314 g/mol. The Bertz CT molecular complexity index is 857. The van der Waals surface area contributed by atoms with E-state index in [1.807, 2.05) is 6.92 Å². The van der Waals surface area contributed by atoms with E-state index in [4.69, 9.17) is 4.74 Å². The lowest BCUT2D eigenvalue weighted by Gasteiger charge is -2.29. The van der Waals surface area contributed by atoms with Gasteiger partial charge >= 0.3 is 0 Å². The zero-order valence-corrected chi connectivity index (χ0v) is 13.8. The van der Waals surface area contributed by atoms with Crippen LogP contribution in [0.1, 0.15) is 17.5 Å². The average Bonchev–Trinajstić information content (AvgIpc) is 2.54. The smallest absolute Gasteiger partial charge is 0.270 e. The molecule has 23 heavy (non-hydrogen) atoms. The first-order chi connectivity index (χ1) is 10.9. The number of methoxy groups -OCH3 is 1. The third-order valence-corrected chi connectivity index (χ3v) is 5.65. The highest BCUT2D eigenvalue weighted by atomic mass is 32.2. The van der Waals surface area contributed by atoms with Crippen molar-refractivity contribution in [2.24, 2.45) is 0 Å². The number of rotatable bonds is 3. The van der Waals surface area contributed by atoms with Gasteiger partial charge in [0.25, 0.3) is 10.0 Å². The van der Waals surface area contributed by atoms with Crippen molar-refractivity contribution in [2.75, 3.05) is 11.4 Å². The lowest BCUT2D eigenvalue weighted by Crippen LogP contribution is -2.40. The Morgan fingerprint density at radius 1 is 1.04 bits per heavy atom. The van der Waals surface area contributed by atoms with Crippen LogP contribution in [-0.2, 0) is 21.2 Å². The van der Waals surface area contributed by atoms with Crippen molar-refractivity contribution >= 4 is 21.6 Å². The van der Waals surface area contributed by atoms with Crippen LogP contribution in [0.5, 0.6) is 5.75 Å². The van der Waals surface area contributed by atoms with E-state index in [1.165, 1.54) is 12.1 Å². The van der Waals surface area contributed by atoms with Crippen LogP contribution in [0.25, 0.3) is 0 Å². The molecule has 0 N–H and O–H groups in total. The normalized spacial score (nSPS) is 14.5. The van der Waals surface area contributed by atoms with Gasteiger partial charge in [-0.3, -0.25) is 4.79 Å². The summed E-state index contributed by atoms with van der Waals surface area (Å²) >= 11 is 0. The Labute approximate surface area is 135 Å². The van der Waals surface area contributed by atoms with Crippen molar-refractivity contribution in [3.8, 4) is 5.75 Å². The Morgan fingerprint density at radius 3 is 2.39 bits per heavy atom. The number of nitrogens with zero attached hydrogens (tertiary/aromatic N) is 1. The van der Waals surface area contributed by atoms with Gasteiger partial charge < -0.3 is 4.74 Å². The standard InChI is InChI=1S/C17H17NO4S/c1-12-3-7-15(8-4-12)23(20,21)18-16-9-6-14(22-2)11-13(16)5-10-17(18)19/h3-4,6-9,11H,5,10H2,1-2H3. The second-order valence-electron chi connectivity index (χ2n) is 5.47. The van der Waals surface area contributed by atoms with Crippen molar-refractivity contribution in [1.82, 2.24) is 0 Å². The summed E-state index contributed by atoms with van der Waals surface area (Å²) in [5, 5.41) is 0. The molecule has 0 unspecified atom stereocenters. The largest absolute Gasteiger partial charge is 0.497 e. The minimum atomic E-state index is -3.92. The Kier molecular flexibility index (Phi) is 3.85. The summed E-state index contributed by atoms with van der Waals surface area (Å²) in [7, 11) is -2.37. The van der Waals surface area contributed by atoms with E-state index in [1.54, 1.807) is 37.4 Å². The van der Waals surface area contributed by atoms with E-state index in [2.05, 4.69) is 0 Å². The van der Waals surface area contributed by atoms with Gasteiger partial charge in [0.2, 0.25) is 5.91 Å². The molecule has 0 saturated carbocycles. The van der Waals surface area contributed by atoms with Crippen LogP contribution < -0.4 is 9.04 Å². The molecule has 1 aliphatic rings. The summed E-state index contributed by atoms with van der Waals surface area (Å²) in [6, 6.07) is 11.5. The van der Waals surface area contributed by atoms with Crippen LogP contribution >= 0.6 is 0 Å². The second-order valence-corrected chi connectivity index (χ2v) is 7.26. The number of sulfonamides is 1. The predicted octanol–water partition coefficient (Wildman–Crippen LogP) is 2.67. The summed E-state index contributed by atoms with van der Waals surface area (Å²) in [6.07, 6.45) is 0.663. The zero-order chi connectivity index (χ0) is 16.6. The van der Waals surface area contributed by atoms with Crippen LogP contribution in [0.3, 0.4) is 0 Å². The van der Waals surface area contributed by atoms with Gasteiger partial charge in [0.15, 0.2) is 0 Å². The summed E-state index contributed by atoms with van der Waals surface area (Å²) < 4.78 is 31.9. The number of carbonyl (C=O) groups is 1. The van der Waals surface area contributed by atoms with E-state index in [9.17, 15) is 13.2 Å². The summed E-state index contributed by atoms with van der Waals surface area (Å²) in [5.74, 6) is 0.231. The van der Waals surface area contributed by atoms with E-state index in [0.717, 1.165) is 15.4 Å². The third kappa shape index (κ3) is 2.70. The monoisotopic (exact) mass is 331 g/mol. The highest BCUT2D eigenvalue weighted by Gasteiger charge is 2.35. The molecule has 0 saturated heterocycles. The second kappa shape index (κ2) is 5.70. The van der Waals surface area contributed by atoms with Crippen molar-refractivity contribution in [2.45, 2.75) is 24.7 Å². The molecule has 1 aliphatic heterocycles. The highest BCUT2D eigenvalue weighted by molar-refractivity contribution is 7.93. The van der Waals surface area contributed by atoms with Gasteiger partial charge in [-0.15, -0.1) is 0 Å². The number of aryl methyl sites for hydroxylation is 2. The molecule has 0 fully saturated rings. The number of anilines is 1. The maximum Gasteiger partial charge on any atom is 0.270 e. The molecule has 0 aliphatic carbocycles. The molecule has 1 amide bonds. The van der Waals surface area contributed by atoms with Gasteiger partial charge in [-0.25, -0.2) is 12.7 Å². The third-order valence-electron chi connectivity index (χ3n) is 3.90. The molecule has 1 heterocycles. The number of ether oxygens (including phenoxy) is 1. The minimum absolute atomic E-state index is 0.111. The number of hydrogen-bond acceptors (Lipinski definition) is 4. The van der Waals surface area contributed by atoms with E-state index >= 15 is 0 Å². The Morgan fingerprint density at radius 2 is 1.74 bits per heavy atom.